The van der Waals surface area contributed by atoms with E-state index in [1.165, 1.54) is 5.56 Å². The van der Waals surface area contributed by atoms with Gasteiger partial charge in [-0.2, -0.15) is 4.98 Å². The lowest BCUT2D eigenvalue weighted by Crippen LogP contribution is -2.21. The number of nitrogens with one attached hydrogen (secondary N) is 1. The molecule has 0 aliphatic rings. The van der Waals surface area contributed by atoms with Crippen LogP contribution in [0.5, 0.6) is 0 Å². The summed E-state index contributed by atoms with van der Waals surface area (Å²) in [6.07, 6.45) is 2.75. The molecule has 0 aliphatic heterocycles. The van der Waals surface area contributed by atoms with Gasteiger partial charge in [0.25, 0.3) is 0 Å². The molecule has 132 valence electrons. The van der Waals surface area contributed by atoms with E-state index in [2.05, 4.69) is 69.5 Å². The predicted octanol–water partition coefficient (Wildman–Crippen LogP) is 4.12. The molecule has 2 heterocycles. The van der Waals surface area contributed by atoms with Gasteiger partial charge in [-0.3, -0.25) is 0 Å². The molecule has 0 radical (unpaired) electrons. The minimum Gasteiger partial charge on any atom is -0.350 e. The molecule has 1 atom stereocenters. The lowest BCUT2D eigenvalue weighted by molar-refractivity contribution is 0.374. The van der Waals surface area contributed by atoms with Crippen molar-refractivity contribution in [1.29, 1.82) is 0 Å². The highest BCUT2D eigenvalue weighted by Gasteiger charge is 2.14. The topological polar surface area (TPSA) is 55.9 Å². The average molecular weight is 346 g/mol. The quantitative estimate of drug-likeness (QED) is 0.570. The van der Waals surface area contributed by atoms with Crippen molar-refractivity contribution in [1.82, 2.24) is 20.0 Å². The number of hydrogen-bond acceptors (Lipinski definition) is 4. The van der Waals surface area contributed by atoms with E-state index in [9.17, 15) is 0 Å². The number of rotatable bonds is 6. The first kappa shape index (κ1) is 16.5. The van der Waals surface area contributed by atoms with Crippen LogP contribution in [0.1, 0.15) is 24.4 Å². The second kappa shape index (κ2) is 7.14. The second-order valence-corrected chi connectivity index (χ2v) is 6.52. The Bertz CT molecular complexity index is 1000. The number of hydrogen-bond donors (Lipinski definition) is 1. The maximum atomic E-state index is 5.45. The Kier molecular flexibility index (Phi) is 4.54. The molecule has 4 rings (SSSR count). The third kappa shape index (κ3) is 3.26. The lowest BCUT2D eigenvalue weighted by Gasteiger charge is -2.12. The second-order valence-electron chi connectivity index (χ2n) is 6.52. The van der Waals surface area contributed by atoms with E-state index in [1.54, 1.807) is 0 Å². The van der Waals surface area contributed by atoms with Crippen molar-refractivity contribution in [2.24, 2.45) is 7.05 Å². The molecule has 4 aromatic rings. The van der Waals surface area contributed by atoms with Gasteiger partial charge in [0.05, 0.1) is 0 Å². The van der Waals surface area contributed by atoms with Crippen LogP contribution in [-0.2, 0) is 13.5 Å². The molecule has 5 heteroatoms. The van der Waals surface area contributed by atoms with Crippen LogP contribution in [0.3, 0.4) is 0 Å². The molecule has 1 N–H and O–H groups in total. The molecule has 26 heavy (non-hydrogen) atoms. The highest BCUT2D eigenvalue weighted by Crippen LogP contribution is 2.28. The van der Waals surface area contributed by atoms with Gasteiger partial charge in [-0.15, -0.1) is 0 Å². The van der Waals surface area contributed by atoms with Gasteiger partial charge in [0.15, 0.2) is 0 Å². The lowest BCUT2D eigenvalue weighted by atomic mass is 10.1. The minimum atomic E-state index is 0.289. The Morgan fingerprint density at radius 3 is 2.69 bits per heavy atom. The fourth-order valence-corrected chi connectivity index (χ4v) is 3.24. The monoisotopic (exact) mass is 346 g/mol. The Morgan fingerprint density at radius 1 is 1.08 bits per heavy atom. The van der Waals surface area contributed by atoms with Gasteiger partial charge in [-0.1, -0.05) is 53.7 Å². The molecule has 0 spiro atoms. The van der Waals surface area contributed by atoms with E-state index in [0.717, 1.165) is 23.0 Å². The summed E-state index contributed by atoms with van der Waals surface area (Å²) in [5.41, 5.74) is 3.44. The number of aromatic nitrogens is 3. The van der Waals surface area contributed by atoms with Crippen LogP contribution < -0.4 is 5.32 Å². The average Bonchev–Trinajstić information content (AvgIpc) is 3.27. The number of para-hydroxylation sites is 1. The highest BCUT2D eigenvalue weighted by molar-refractivity contribution is 5.94. The van der Waals surface area contributed by atoms with E-state index in [-0.39, 0.29) is 6.04 Å². The van der Waals surface area contributed by atoms with Crippen molar-refractivity contribution in [2.75, 3.05) is 6.54 Å². The molecule has 0 saturated heterocycles. The number of aryl methyl sites for hydroxylation is 1. The van der Waals surface area contributed by atoms with E-state index in [1.807, 2.05) is 25.2 Å². The molecule has 2 aromatic carbocycles. The molecule has 0 aliphatic carbocycles. The van der Waals surface area contributed by atoms with Crippen molar-refractivity contribution in [3.8, 4) is 11.4 Å². The van der Waals surface area contributed by atoms with Gasteiger partial charge in [0.1, 0.15) is 0 Å². The first-order valence-corrected chi connectivity index (χ1v) is 8.88. The SMILES string of the molecule is C[C@@H](NCCc1nc(-c2cn(C)c3ccccc23)no1)c1ccccc1. The van der Waals surface area contributed by atoms with Crippen LogP contribution in [0, 0.1) is 0 Å². The Morgan fingerprint density at radius 2 is 1.85 bits per heavy atom. The van der Waals surface area contributed by atoms with Crippen LogP contribution in [0.2, 0.25) is 0 Å². The zero-order valence-electron chi connectivity index (χ0n) is 15.0. The molecule has 0 saturated carbocycles. The predicted molar refractivity (Wildman–Crippen MR) is 103 cm³/mol. The van der Waals surface area contributed by atoms with Gasteiger partial charge in [0, 0.05) is 48.7 Å². The maximum Gasteiger partial charge on any atom is 0.228 e. The third-order valence-electron chi connectivity index (χ3n) is 4.69. The van der Waals surface area contributed by atoms with Gasteiger partial charge in [0.2, 0.25) is 11.7 Å². The summed E-state index contributed by atoms with van der Waals surface area (Å²) in [5, 5.41) is 8.81. The van der Waals surface area contributed by atoms with E-state index < -0.39 is 0 Å². The molecular formula is C21H22N4O. The van der Waals surface area contributed by atoms with Crippen molar-refractivity contribution < 1.29 is 4.52 Å². The minimum absolute atomic E-state index is 0.289. The van der Waals surface area contributed by atoms with Crippen LogP contribution in [0.25, 0.3) is 22.3 Å². The largest absolute Gasteiger partial charge is 0.350 e. The van der Waals surface area contributed by atoms with Crippen molar-refractivity contribution in [3.05, 3.63) is 72.2 Å². The van der Waals surface area contributed by atoms with Crippen molar-refractivity contribution in [2.45, 2.75) is 19.4 Å². The van der Waals surface area contributed by atoms with Gasteiger partial charge >= 0.3 is 0 Å². The summed E-state index contributed by atoms with van der Waals surface area (Å²) >= 11 is 0. The normalized spacial score (nSPS) is 12.5. The molecule has 0 bridgehead atoms. The summed E-state index contributed by atoms with van der Waals surface area (Å²) in [6.45, 7) is 2.94. The molecule has 5 nitrogen and oxygen atoms in total. The first-order chi connectivity index (χ1) is 12.7. The summed E-state index contributed by atoms with van der Waals surface area (Å²) in [6, 6.07) is 18.9. The van der Waals surface area contributed by atoms with Gasteiger partial charge in [-0.05, 0) is 18.6 Å². The summed E-state index contributed by atoms with van der Waals surface area (Å²) in [4.78, 5) is 4.58. The Labute approximate surface area is 152 Å². The molecular weight excluding hydrogens is 324 g/mol. The zero-order valence-corrected chi connectivity index (χ0v) is 15.0. The third-order valence-corrected chi connectivity index (χ3v) is 4.69. The fraction of sp³-hybridized carbons (Fsp3) is 0.238. The van der Waals surface area contributed by atoms with E-state index in [4.69, 9.17) is 4.52 Å². The zero-order chi connectivity index (χ0) is 17.9. The summed E-state index contributed by atoms with van der Waals surface area (Å²) in [5.74, 6) is 1.30. The van der Waals surface area contributed by atoms with E-state index >= 15 is 0 Å². The number of nitrogens with zero attached hydrogens (tertiary/aromatic N) is 3. The van der Waals surface area contributed by atoms with Crippen LogP contribution in [0.4, 0.5) is 0 Å². The highest BCUT2D eigenvalue weighted by atomic mass is 16.5. The molecule has 0 fully saturated rings. The van der Waals surface area contributed by atoms with Gasteiger partial charge < -0.3 is 14.4 Å². The number of benzene rings is 2. The Hall–Kier alpha value is -2.92. The maximum absolute atomic E-state index is 5.45. The van der Waals surface area contributed by atoms with Crippen LogP contribution in [0.15, 0.2) is 65.3 Å². The standard InChI is InChI=1S/C21H22N4O/c1-15(16-8-4-3-5-9-16)22-13-12-20-23-21(24-26-20)18-14-25(2)19-11-7-6-10-17(18)19/h3-11,14-15,22H,12-13H2,1-2H3/t15-/m1/s1. The summed E-state index contributed by atoms with van der Waals surface area (Å²) < 4.78 is 7.54. The van der Waals surface area contributed by atoms with Crippen molar-refractivity contribution >= 4 is 10.9 Å². The van der Waals surface area contributed by atoms with Gasteiger partial charge in [-0.25, -0.2) is 0 Å². The number of fused-ring (bicyclic) bond motifs is 1. The van der Waals surface area contributed by atoms with Crippen LogP contribution in [-0.4, -0.2) is 21.3 Å². The smallest absolute Gasteiger partial charge is 0.228 e. The van der Waals surface area contributed by atoms with Crippen molar-refractivity contribution in [3.63, 3.8) is 0 Å². The molecule has 0 unspecified atom stereocenters. The molecule has 0 amide bonds. The molecule has 2 aromatic heterocycles. The Balaban J connectivity index is 1.43. The fourth-order valence-electron chi connectivity index (χ4n) is 3.24. The van der Waals surface area contributed by atoms with Crippen LogP contribution >= 0.6 is 0 Å². The summed E-state index contributed by atoms with van der Waals surface area (Å²) in [7, 11) is 2.03. The first-order valence-electron chi connectivity index (χ1n) is 8.88. The van der Waals surface area contributed by atoms with E-state index in [0.29, 0.717) is 18.1 Å².